The summed E-state index contributed by atoms with van der Waals surface area (Å²) in [6.45, 7) is 11.2. The first-order valence-corrected chi connectivity index (χ1v) is 28.8. The Labute approximate surface area is 460 Å². The Balaban J connectivity index is 0.641. The van der Waals surface area contributed by atoms with Gasteiger partial charge in [0.15, 0.2) is 5.60 Å². The third kappa shape index (κ3) is 13.4. The summed E-state index contributed by atoms with van der Waals surface area (Å²) in [6.07, 6.45) is 9.20. The molecule has 0 radical (unpaired) electrons. The summed E-state index contributed by atoms with van der Waals surface area (Å²) in [6, 6.07) is 20.1. The molecule has 16 nitrogen and oxygen atoms in total. The summed E-state index contributed by atoms with van der Waals surface area (Å²) in [5.74, 6) is -0.0580. The van der Waals surface area contributed by atoms with Crippen LogP contribution in [-0.4, -0.2) is 121 Å². The van der Waals surface area contributed by atoms with Gasteiger partial charge in [-0.15, -0.1) is 11.3 Å². The molecule has 0 bridgehead atoms. The van der Waals surface area contributed by atoms with Crippen molar-refractivity contribution in [1.82, 2.24) is 20.5 Å². The van der Waals surface area contributed by atoms with Crippen LogP contribution in [0.1, 0.15) is 145 Å². The van der Waals surface area contributed by atoms with Crippen molar-refractivity contribution in [3.63, 3.8) is 0 Å². The van der Waals surface area contributed by atoms with Gasteiger partial charge in [-0.25, -0.2) is 9.78 Å². The predicted octanol–water partition coefficient (Wildman–Crippen LogP) is 9.53. The summed E-state index contributed by atoms with van der Waals surface area (Å²) in [5.41, 5.74) is 2.76. The molecule has 1 saturated carbocycles. The Kier molecular flexibility index (Phi) is 18.9. The fourth-order valence-corrected chi connectivity index (χ4v) is 12.6. The van der Waals surface area contributed by atoms with Crippen molar-refractivity contribution in [2.45, 2.75) is 115 Å². The Morgan fingerprint density at radius 3 is 2.15 bits per heavy atom. The minimum atomic E-state index is -1.41. The van der Waals surface area contributed by atoms with Crippen LogP contribution in [0.5, 0.6) is 23.0 Å². The number of benzene rings is 4. The van der Waals surface area contributed by atoms with Gasteiger partial charge < -0.3 is 49.4 Å². The maximum atomic E-state index is 14.1. The first kappa shape index (κ1) is 56.5. The fourth-order valence-electron chi connectivity index (χ4n) is 11.5. The number of rotatable bonds is 26. The van der Waals surface area contributed by atoms with Gasteiger partial charge in [0.1, 0.15) is 34.6 Å². The molecule has 4 aliphatic rings. The molecule has 2 amide bonds. The molecule has 1 aliphatic carbocycles. The monoisotopic (exact) mass is 1090 g/mol. The quantitative estimate of drug-likeness (QED) is 0.0300. The number of piperidine rings is 1. The van der Waals surface area contributed by atoms with Crippen LogP contribution < -0.4 is 15.4 Å². The third-order valence-electron chi connectivity index (χ3n) is 15.9. The zero-order valence-corrected chi connectivity index (χ0v) is 46.0. The molecule has 416 valence electrons. The lowest BCUT2D eigenvalue weighted by atomic mass is 9.77. The number of likely N-dealkylation sites (tertiary alicyclic amines) is 1. The van der Waals surface area contributed by atoms with Crippen LogP contribution >= 0.6 is 11.3 Å². The highest BCUT2D eigenvalue weighted by Crippen LogP contribution is 2.57. The number of amides is 2. The number of nitrogens with zero attached hydrogens (tertiary/aromatic N) is 2. The summed E-state index contributed by atoms with van der Waals surface area (Å²) >= 11 is 1.61. The van der Waals surface area contributed by atoms with Crippen molar-refractivity contribution in [2.75, 3.05) is 65.8 Å². The summed E-state index contributed by atoms with van der Waals surface area (Å²) < 4.78 is 30.4. The number of phenolic OH excluding ortho intramolecular Hbond substituents is 2. The number of carbonyl (C=O) groups is 5. The summed E-state index contributed by atoms with van der Waals surface area (Å²) in [7, 11) is 0. The Hall–Kier alpha value is -6.24. The topological polar surface area (TPSA) is 212 Å². The largest absolute Gasteiger partial charge is 0.508 e. The van der Waals surface area contributed by atoms with Gasteiger partial charge in [0.2, 0.25) is 5.91 Å². The zero-order chi connectivity index (χ0) is 54.8. The normalized spacial score (nSPS) is 17.0. The lowest BCUT2D eigenvalue weighted by molar-refractivity contribution is -0.130. The molecule has 2 atom stereocenters. The van der Waals surface area contributed by atoms with Crippen LogP contribution in [0, 0.1) is 17.8 Å². The molecule has 1 spiro atoms. The maximum Gasteiger partial charge on any atom is 0.340 e. The minimum Gasteiger partial charge on any atom is -0.508 e. The highest BCUT2D eigenvalue weighted by atomic mass is 32.1. The van der Waals surface area contributed by atoms with E-state index in [1.807, 2.05) is 6.92 Å². The highest BCUT2D eigenvalue weighted by molar-refractivity contribution is 7.18. The van der Waals surface area contributed by atoms with E-state index in [1.54, 1.807) is 35.6 Å². The van der Waals surface area contributed by atoms with E-state index in [0.29, 0.717) is 87.2 Å². The first-order valence-electron chi connectivity index (χ1n) is 28.0. The second-order valence-electron chi connectivity index (χ2n) is 21.5. The average Bonchev–Trinajstić information content (AvgIpc) is 3.99. The number of hydrogen-bond donors (Lipinski definition) is 4. The number of ether oxygens (including phenoxy) is 5. The van der Waals surface area contributed by atoms with Gasteiger partial charge in [0.25, 0.3) is 5.91 Å². The first-order chi connectivity index (χ1) is 37.8. The number of fused-ring (bicyclic) bond motifs is 7. The number of aromatic nitrogens is 1. The highest BCUT2D eigenvalue weighted by Gasteiger charge is 2.54. The minimum absolute atomic E-state index is 0.0102. The van der Waals surface area contributed by atoms with Crippen molar-refractivity contribution in [1.29, 1.82) is 0 Å². The van der Waals surface area contributed by atoms with Crippen LogP contribution in [0.15, 0.2) is 72.8 Å². The summed E-state index contributed by atoms with van der Waals surface area (Å²) in [5, 5.41) is 27.5. The van der Waals surface area contributed by atoms with Gasteiger partial charge in [-0.1, -0.05) is 52.2 Å². The van der Waals surface area contributed by atoms with E-state index >= 15 is 0 Å². The average molecular weight is 1090 g/mol. The molecule has 78 heavy (non-hydrogen) atoms. The van der Waals surface area contributed by atoms with Crippen LogP contribution in [-0.2, 0) is 45.4 Å². The molecule has 4 aromatic carbocycles. The van der Waals surface area contributed by atoms with E-state index in [-0.39, 0.29) is 89.0 Å². The lowest BCUT2D eigenvalue weighted by Gasteiger charge is -2.36. The van der Waals surface area contributed by atoms with Gasteiger partial charge in [0.05, 0.1) is 66.3 Å². The molecule has 17 heteroatoms. The number of Topliss-reactive ketones (excluding diaryl/α,β-unsaturated/α-hetero) is 2. The van der Waals surface area contributed by atoms with Crippen LogP contribution in [0.25, 0.3) is 10.2 Å². The van der Waals surface area contributed by atoms with Crippen LogP contribution in [0.2, 0.25) is 0 Å². The van der Waals surface area contributed by atoms with Crippen molar-refractivity contribution in [3.8, 4) is 23.0 Å². The number of nitrogens with one attached hydrogen (secondary N) is 2. The van der Waals surface area contributed by atoms with E-state index in [1.165, 1.54) is 42.3 Å². The molecule has 9 rings (SSSR count). The molecular weight excluding hydrogens is 1010 g/mol. The van der Waals surface area contributed by atoms with Crippen molar-refractivity contribution < 1.29 is 57.9 Å². The zero-order valence-electron chi connectivity index (χ0n) is 45.2. The number of aromatic hydroxyl groups is 2. The van der Waals surface area contributed by atoms with Gasteiger partial charge in [-0.05, 0) is 111 Å². The van der Waals surface area contributed by atoms with Gasteiger partial charge in [-0.3, -0.25) is 19.2 Å². The Bertz CT molecular complexity index is 2890. The lowest BCUT2D eigenvalue weighted by Crippen LogP contribution is -2.45. The number of thiazole rings is 1. The van der Waals surface area contributed by atoms with E-state index in [4.69, 9.17) is 28.7 Å². The maximum absolute atomic E-state index is 14.1. The second kappa shape index (κ2) is 26.1. The molecule has 4 N–H and O–H groups in total. The van der Waals surface area contributed by atoms with Crippen molar-refractivity contribution in [2.24, 2.45) is 17.8 Å². The smallest absolute Gasteiger partial charge is 0.340 e. The molecule has 1 saturated heterocycles. The van der Waals surface area contributed by atoms with Gasteiger partial charge in [0, 0.05) is 85.1 Å². The summed E-state index contributed by atoms with van der Waals surface area (Å²) in [4.78, 5) is 74.5. The molecular formula is C61H74N4O12S. The second-order valence-corrected chi connectivity index (χ2v) is 22.6. The Morgan fingerprint density at radius 1 is 0.808 bits per heavy atom. The van der Waals surface area contributed by atoms with Crippen molar-refractivity contribution in [3.05, 3.63) is 111 Å². The SMILES string of the molecule is CCC(=O)C[C@@H](Cc1nc2ccc(C(C)C)cc2s1)C(=O)N[C@H](CCC(=O)C1CCN(CCOCCOCCOCCNC(=O)c2ccc3c(c2)C(=O)OC32c3ccc(O)cc3Oc3cc(O)ccc32)CC1)C1CCCCC1. The third-order valence-corrected chi connectivity index (χ3v) is 17.0. The van der Waals surface area contributed by atoms with Crippen LogP contribution in [0.4, 0.5) is 0 Å². The van der Waals surface area contributed by atoms with E-state index < -0.39 is 17.5 Å². The van der Waals surface area contributed by atoms with E-state index in [2.05, 4.69) is 47.6 Å². The molecule has 2 fully saturated rings. The predicted molar refractivity (Wildman–Crippen MR) is 296 cm³/mol. The number of hydrogen-bond acceptors (Lipinski definition) is 15. The standard InChI is InChI=1S/C61H74N4O12S/c1-4-44(66)32-43(35-57-63-52-17-11-41(38(2)3)34-56(52)78-57)59(71)64-51(39-8-6-5-7-9-39)18-19-53(69)40-20-23-65(24-21-40)25-27-74-29-31-75-30-28-73-26-22-62-58(70)42-10-14-48-47(33-42)60(72)77-61(48)49-15-12-45(67)36-54(49)76-55-37-46(68)13-16-50(55)61/h10-17,33-34,36-40,43,51,67-68H,4-9,18-32,35H2,1-3H3,(H,62,70)(H,64,71)/t43-,51+/m0/s1. The molecule has 0 unspecified atom stereocenters. The Morgan fingerprint density at radius 2 is 1.47 bits per heavy atom. The number of carbonyl (C=O) groups excluding carboxylic acids is 5. The van der Waals surface area contributed by atoms with E-state index in [9.17, 15) is 34.2 Å². The van der Waals surface area contributed by atoms with Crippen molar-refractivity contribution >= 4 is 50.9 Å². The van der Waals surface area contributed by atoms with Gasteiger partial charge >= 0.3 is 5.97 Å². The van der Waals surface area contributed by atoms with Crippen LogP contribution in [0.3, 0.4) is 0 Å². The number of phenols is 2. The van der Waals surface area contributed by atoms with E-state index in [0.717, 1.165) is 73.4 Å². The number of esters is 1. The molecule has 5 aromatic rings. The molecule has 4 heterocycles. The molecule has 1 aromatic heterocycles. The van der Waals surface area contributed by atoms with Gasteiger partial charge in [-0.2, -0.15) is 0 Å². The fraction of sp³-hybridized carbons (Fsp3) is 0.508. The number of ketones is 2. The molecule has 3 aliphatic heterocycles.